The summed E-state index contributed by atoms with van der Waals surface area (Å²) >= 11 is 0. The lowest BCUT2D eigenvalue weighted by atomic mass is 10.0. The van der Waals surface area contributed by atoms with Crippen LogP contribution in [0.1, 0.15) is 34.3 Å². The summed E-state index contributed by atoms with van der Waals surface area (Å²) in [5.41, 5.74) is 3.18. The van der Waals surface area contributed by atoms with Gasteiger partial charge in [-0.25, -0.2) is 0 Å². The molecule has 3 aromatic carbocycles. The van der Waals surface area contributed by atoms with Gasteiger partial charge in [-0.3, -0.25) is 9.59 Å². The molecule has 0 radical (unpaired) electrons. The van der Waals surface area contributed by atoms with E-state index < -0.39 is 0 Å². The number of fused-ring (bicyclic) bond motifs is 1. The van der Waals surface area contributed by atoms with Gasteiger partial charge in [0.15, 0.2) is 6.61 Å². The highest BCUT2D eigenvalue weighted by Crippen LogP contribution is 2.28. The Bertz CT molecular complexity index is 1070. The van der Waals surface area contributed by atoms with Crippen molar-refractivity contribution in [2.24, 2.45) is 0 Å². The number of hydrogen-bond donors (Lipinski definition) is 2. The second-order valence-corrected chi connectivity index (χ2v) is 7.55. The van der Waals surface area contributed by atoms with E-state index in [9.17, 15) is 9.59 Å². The molecule has 1 saturated carbocycles. The quantitative estimate of drug-likeness (QED) is 0.659. The lowest BCUT2D eigenvalue weighted by molar-refractivity contribution is -0.123. The smallest absolute Gasteiger partial charge is 0.259 e. The van der Waals surface area contributed by atoms with Crippen LogP contribution >= 0.6 is 0 Å². The van der Waals surface area contributed by atoms with E-state index in [0.717, 1.165) is 40.4 Å². The molecule has 5 heteroatoms. The number of benzene rings is 3. The average molecular weight is 388 g/mol. The summed E-state index contributed by atoms with van der Waals surface area (Å²) in [6.07, 6.45) is 2.04. The molecule has 1 aliphatic carbocycles. The first kappa shape index (κ1) is 19.0. The minimum Gasteiger partial charge on any atom is -0.483 e. The molecule has 0 heterocycles. The summed E-state index contributed by atoms with van der Waals surface area (Å²) in [5, 5.41) is 7.80. The van der Waals surface area contributed by atoms with Crippen molar-refractivity contribution in [1.82, 2.24) is 5.32 Å². The standard InChI is InChI=1S/C24H24N2O3/c1-15-6-5-7-16(2)23(15)26-24(28)20-12-17-8-3-4-9-18(17)13-21(20)29-14-22(27)25-19-10-11-19/h3-9,12-13,19H,10-11,14H2,1-2H3,(H,25,27)(H,26,28). The Morgan fingerprint density at radius 3 is 2.28 bits per heavy atom. The number of carbonyl (C=O) groups is 2. The van der Waals surface area contributed by atoms with Crippen LogP contribution in [0.5, 0.6) is 5.75 Å². The zero-order valence-electron chi connectivity index (χ0n) is 16.6. The van der Waals surface area contributed by atoms with E-state index in [0.29, 0.717) is 11.3 Å². The minimum absolute atomic E-state index is 0.113. The van der Waals surface area contributed by atoms with Crippen LogP contribution in [0.2, 0.25) is 0 Å². The number of anilines is 1. The van der Waals surface area contributed by atoms with E-state index in [1.54, 1.807) is 0 Å². The molecular formula is C24H24N2O3. The van der Waals surface area contributed by atoms with E-state index >= 15 is 0 Å². The van der Waals surface area contributed by atoms with Crippen molar-refractivity contribution in [2.45, 2.75) is 32.7 Å². The van der Waals surface area contributed by atoms with Gasteiger partial charge in [0.05, 0.1) is 5.56 Å². The van der Waals surface area contributed by atoms with Crippen molar-refractivity contribution < 1.29 is 14.3 Å². The molecule has 0 spiro atoms. The molecule has 1 fully saturated rings. The Labute approximate surface area is 170 Å². The highest BCUT2D eigenvalue weighted by atomic mass is 16.5. The van der Waals surface area contributed by atoms with Gasteiger partial charge in [-0.1, -0.05) is 42.5 Å². The van der Waals surface area contributed by atoms with Crippen LogP contribution in [-0.2, 0) is 4.79 Å². The molecule has 0 unspecified atom stereocenters. The molecule has 0 aromatic heterocycles. The maximum absolute atomic E-state index is 13.1. The van der Waals surface area contributed by atoms with Crippen LogP contribution in [0.3, 0.4) is 0 Å². The lowest BCUT2D eigenvalue weighted by Crippen LogP contribution is -2.30. The molecule has 2 amide bonds. The molecule has 1 aliphatic rings. The second-order valence-electron chi connectivity index (χ2n) is 7.55. The molecular weight excluding hydrogens is 364 g/mol. The molecule has 0 atom stereocenters. The predicted molar refractivity (Wildman–Crippen MR) is 114 cm³/mol. The van der Waals surface area contributed by atoms with Crippen LogP contribution < -0.4 is 15.4 Å². The fourth-order valence-corrected chi connectivity index (χ4v) is 3.35. The average Bonchev–Trinajstić information content (AvgIpc) is 3.52. The van der Waals surface area contributed by atoms with Crippen LogP contribution in [0.4, 0.5) is 5.69 Å². The third kappa shape index (κ3) is 4.40. The Balaban J connectivity index is 1.63. The highest BCUT2D eigenvalue weighted by molar-refractivity contribution is 6.09. The normalized spacial score (nSPS) is 13.2. The summed E-state index contributed by atoms with van der Waals surface area (Å²) in [6, 6.07) is 17.6. The number of hydrogen-bond acceptors (Lipinski definition) is 3. The monoisotopic (exact) mass is 388 g/mol. The predicted octanol–water partition coefficient (Wildman–Crippen LogP) is 4.37. The number of ether oxygens (including phenoxy) is 1. The van der Waals surface area contributed by atoms with Gasteiger partial charge >= 0.3 is 0 Å². The first-order valence-corrected chi connectivity index (χ1v) is 9.84. The molecule has 0 bridgehead atoms. The van der Waals surface area contributed by atoms with Gasteiger partial charge in [0.2, 0.25) is 0 Å². The first-order chi connectivity index (χ1) is 14.0. The summed E-state index contributed by atoms with van der Waals surface area (Å²) < 4.78 is 5.78. The number of amides is 2. The van der Waals surface area contributed by atoms with E-state index in [4.69, 9.17) is 4.74 Å². The number of nitrogens with one attached hydrogen (secondary N) is 2. The van der Waals surface area contributed by atoms with Gasteiger partial charge in [-0.15, -0.1) is 0 Å². The first-order valence-electron chi connectivity index (χ1n) is 9.84. The van der Waals surface area contributed by atoms with Gasteiger partial charge < -0.3 is 15.4 Å². The van der Waals surface area contributed by atoms with Crippen molar-refractivity contribution in [3.63, 3.8) is 0 Å². The highest BCUT2D eigenvalue weighted by Gasteiger charge is 2.24. The fraction of sp³-hybridized carbons (Fsp3) is 0.250. The van der Waals surface area contributed by atoms with E-state index in [2.05, 4.69) is 10.6 Å². The van der Waals surface area contributed by atoms with Crippen molar-refractivity contribution in [3.05, 3.63) is 71.3 Å². The maximum atomic E-state index is 13.1. The van der Waals surface area contributed by atoms with Crippen molar-refractivity contribution >= 4 is 28.3 Å². The lowest BCUT2D eigenvalue weighted by Gasteiger charge is -2.15. The molecule has 29 heavy (non-hydrogen) atoms. The summed E-state index contributed by atoms with van der Waals surface area (Å²) in [7, 11) is 0. The largest absolute Gasteiger partial charge is 0.483 e. The Morgan fingerprint density at radius 1 is 0.966 bits per heavy atom. The minimum atomic E-state index is -0.259. The molecule has 0 aliphatic heterocycles. The Morgan fingerprint density at radius 2 is 1.62 bits per heavy atom. The molecule has 5 nitrogen and oxygen atoms in total. The van der Waals surface area contributed by atoms with Crippen molar-refractivity contribution in [1.29, 1.82) is 0 Å². The summed E-state index contributed by atoms with van der Waals surface area (Å²) in [5.74, 6) is -0.0223. The molecule has 3 aromatic rings. The Kier molecular flexibility index (Phi) is 5.21. The molecule has 4 rings (SSSR count). The van der Waals surface area contributed by atoms with E-state index in [1.807, 2.05) is 68.4 Å². The topological polar surface area (TPSA) is 67.4 Å². The van der Waals surface area contributed by atoms with Crippen molar-refractivity contribution in [2.75, 3.05) is 11.9 Å². The van der Waals surface area contributed by atoms with Gasteiger partial charge in [0.1, 0.15) is 5.75 Å². The van der Waals surface area contributed by atoms with Crippen LogP contribution in [-0.4, -0.2) is 24.5 Å². The van der Waals surface area contributed by atoms with Gasteiger partial charge in [-0.05, 0) is 60.7 Å². The zero-order chi connectivity index (χ0) is 20.4. The van der Waals surface area contributed by atoms with Crippen molar-refractivity contribution in [3.8, 4) is 5.75 Å². The fourth-order valence-electron chi connectivity index (χ4n) is 3.35. The maximum Gasteiger partial charge on any atom is 0.259 e. The van der Waals surface area contributed by atoms with Gasteiger partial charge in [0.25, 0.3) is 11.8 Å². The summed E-state index contributed by atoms with van der Waals surface area (Å²) in [6.45, 7) is 3.81. The second kappa shape index (κ2) is 7.95. The molecule has 2 N–H and O–H groups in total. The zero-order valence-corrected chi connectivity index (χ0v) is 16.6. The number of aryl methyl sites for hydroxylation is 2. The number of rotatable bonds is 6. The van der Waals surface area contributed by atoms with Crippen LogP contribution in [0.25, 0.3) is 10.8 Å². The number of para-hydroxylation sites is 1. The summed E-state index contributed by atoms with van der Waals surface area (Å²) in [4.78, 5) is 25.2. The number of carbonyl (C=O) groups excluding carboxylic acids is 2. The van der Waals surface area contributed by atoms with Crippen LogP contribution in [0.15, 0.2) is 54.6 Å². The third-order valence-corrected chi connectivity index (χ3v) is 5.11. The van der Waals surface area contributed by atoms with Gasteiger partial charge in [-0.2, -0.15) is 0 Å². The third-order valence-electron chi connectivity index (χ3n) is 5.11. The van der Waals surface area contributed by atoms with Gasteiger partial charge in [0, 0.05) is 11.7 Å². The molecule has 0 saturated heterocycles. The van der Waals surface area contributed by atoms with Crippen LogP contribution in [0, 0.1) is 13.8 Å². The van der Waals surface area contributed by atoms with E-state index in [-0.39, 0.29) is 24.5 Å². The SMILES string of the molecule is Cc1cccc(C)c1NC(=O)c1cc2ccccc2cc1OCC(=O)NC1CC1. The molecule has 148 valence electrons. The Hall–Kier alpha value is -3.34. The van der Waals surface area contributed by atoms with E-state index in [1.165, 1.54) is 0 Å².